The lowest BCUT2D eigenvalue weighted by atomic mass is 10.4. The van der Waals surface area contributed by atoms with E-state index in [2.05, 4.69) is 25.4 Å². The molecule has 0 spiro atoms. The van der Waals surface area contributed by atoms with Gasteiger partial charge in [-0.1, -0.05) is 0 Å². The highest BCUT2D eigenvalue weighted by Gasteiger charge is 1.98. The number of nitrogens with zero attached hydrogens (tertiary/aromatic N) is 4. The highest BCUT2D eigenvalue weighted by Crippen LogP contribution is 1.91. The zero-order chi connectivity index (χ0) is 10.5. The van der Waals surface area contributed by atoms with Crippen LogP contribution in [0.3, 0.4) is 0 Å². The molecule has 0 saturated heterocycles. The summed E-state index contributed by atoms with van der Waals surface area (Å²) in [5, 5.41) is 7.48. The molecule has 6 nitrogen and oxygen atoms in total. The van der Waals surface area contributed by atoms with Crippen molar-refractivity contribution in [3.8, 4) is 0 Å². The Kier molecular flexibility index (Phi) is 3.08. The van der Waals surface area contributed by atoms with Gasteiger partial charge in [-0.3, -0.25) is 4.68 Å². The second-order valence-electron chi connectivity index (χ2n) is 3.34. The monoisotopic (exact) mass is 206 g/mol. The Morgan fingerprint density at radius 1 is 1.53 bits per heavy atom. The van der Waals surface area contributed by atoms with Crippen molar-refractivity contribution in [3.05, 3.63) is 30.4 Å². The van der Waals surface area contributed by atoms with Crippen LogP contribution in [0.1, 0.15) is 11.5 Å². The third-order valence-electron chi connectivity index (χ3n) is 2.04. The maximum Gasteiger partial charge on any atom is 0.151 e. The van der Waals surface area contributed by atoms with Crippen LogP contribution in [0.5, 0.6) is 0 Å². The number of H-pyrrole nitrogens is 1. The lowest BCUT2D eigenvalue weighted by Crippen LogP contribution is -2.17. The van der Waals surface area contributed by atoms with Crippen LogP contribution in [0.2, 0.25) is 0 Å². The molecule has 2 aromatic rings. The first-order chi connectivity index (χ1) is 7.34. The molecule has 0 aliphatic heterocycles. The first-order valence-corrected chi connectivity index (χ1v) is 4.87. The summed E-state index contributed by atoms with van der Waals surface area (Å²) >= 11 is 0. The molecule has 2 rings (SSSR count). The third-order valence-corrected chi connectivity index (χ3v) is 2.04. The minimum absolute atomic E-state index is 0.798. The predicted molar refractivity (Wildman–Crippen MR) is 55.0 cm³/mol. The fraction of sp³-hybridized carbons (Fsp3) is 0.444. The quantitative estimate of drug-likeness (QED) is 0.668. The molecule has 0 atom stereocenters. The summed E-state index contributed by atoms with van der Waals surface area (Å²) < 4.78 is 1.71. The molecule has 0 fully saturated rings. The van der Waals surface area contributed by atoms with Gasteiger partial charge in [0.05, 0.1) is 6.33 Å². The zero-order valence-corrected chi connectivity index (χ0v) is 8.64. The van der Waals surface area contributed by atoms with Gasteiger partial charge in [-0.05, 0) is 0 Å². The number of nitrogens with one attached hydrogen (secondary N) is 2. The van der Waals surface area contributed by atoms with Gasteiger partial charge in [0.25, 0.3) is 0 Å². The smallest absolute Gasteiger partial charge is 0.151 e. The fourth-order valence-corrected chi connectivity index (χ4v) is 1.30. The van der Waals surface area contributed by atoms with E-state index >= 15 is 0 Å². The number of hydrogen-bond donors (Lipinski definition) is 2. The van der Waals surface area contributed by atoms with Gasteiger partial charge in [0.1, 0.15) is 6.33 Å². The predicted octanol–water partition coefficient (Wildman–Crippen LogP) is -0.130. The normalized spacial score (nSPS) is 10.7. The van der Waals surface area contributed by atoms with Gasteiger partial charge < -0.3 is 10.3 Å². The SMILES string of the molecule is Cn1cnc(CCNCc2cnc[nH]2)n1. The van der Waals surface area contributed by atoms with Crippen molar-refractivity contribution >= 4 is 0 Å². The van der Waals surface area contributed by atoms with E-state index in [0.717, 1.165) is 31.0 Å². The molecule has 0 unspecified atom stereocenters. The fourth-order valence-electron chi connectivity index (χ4n) is 1.30. The maximum atomic E-state index is 4.19. The van der Waals surface area contributed by atoms with Crippen LogP contribution in [0.15, 0.2) is 18.9 Å². The molecule has 2 aromatic heterocycles. The third kappa shape index (κ3) is 2.88. The second-order valence-corrected chi connectivity index (χ2v) is 3.34. The Labute approximate surface area is 87.8 Å². The van der Waals surface area contributed by atoms with E-state index in [1.807, 2.05) is 13.2 Å². The lowest BCUT2D eigenvalue weighted by Gasteiger charge is -1.99. The summed E-state index contributed by atoms with van der Waals surface area (Å²) in [6.45, 7) is 1.66. The van der Waals surface area contributed by atoms with Crippen molar-refractivity contribution in [1.82, 2.24) is 30.0 Å². The molecule has 6 heteroatoms. The van der Waals surface area contributed by atoms with Gasteiger partial charge in [-0.25, -0.2) is 9.97 Å². The number of hydrogen-bond acceptors (Lipinski definition) is 4. The Morgan fingerprint density at radius 3 is 3.13 bits per heavy atom. The molecule has 15 heavy (non-hydrogen) atoms. The van der Waals surface area contributed by atoms with Gasteiger partial charge in [0.15, 0.2) is 5.82 Å². The second kappa shape index (κ2) is 4.70. The molecule has 80 valence electrons. The maximum absolute atomic E-state index is 4.19. The number of aryl methyl sites for hydroxylation is 1. The molecule has 2 N–H and O–H groups in total. The summed E-state index contributed by atoms with van der Waals surface area (Å²) in [5.41, 5.74) is 1.09. The molecular weight excluding hydrogens is 192 g/mol. The average molecular weight is 206 g/mol. The summed E-state index contributed by atoms with van der Waals surface area (Å²) in [4.78, 5) is 11.1. The van der Waals surface area contributed by atoms with Crippen molar-refractivity contribution < 1.29 is 0 Å². The van der Waals surface area contributed by atoms with Gasteiger partial charge in [-0.15, -0.1) is 0 Å². The molecule has 0 amide bonds. The Balaban J connectivity index is 1.67. The minimum Gasteiger partial charge on any atom is -0.347 e. The van der Waals surface area contributed by atoms with Gasteiger partial charge in [0.2, 0.25) is 0 Å². The van der Waals surface area contributed by atoms with Gasteiger partial charge in [0, 0.05) is 38.4 Å². The van der Waals surface area contributed by atoms with Crippen molar-refractivity contribution in [2.24, 2.45) is 7.05 Å². The Hall–Kier alpha value is -1.69. The molecule has 0 saturated carbocycles. The molecule has 0 radical (unpaired) electrons. The number of aromatic amines is 1. The van der Waals surface area contributed by atoms with Crippen LogP contribution in [0.25, 0.3) is 0 Å². The van der Waals surface area contributed by atoms with Crippen LogP contribution in [0.4, 0.5) is 0 Å². The van der Waals surface area contributed by atoms with Crippen molar-refractivity contribution in [3.63, 3.8) is 0 Å². The summed E-state index contributed by atoms with van der Waals surface area (Å²) in [6.07, 6.45) is 6.04. The van der Waals surface area contributed by atoms with Crippen LogP contribution in [-0.2, 0) is 20.0 Å². The van der Waals surface area contributed by atoms with E-state index in [1.54, 1.807) is 17.3 Å². The van der Waals surface area contributed by atoms with E-state index in [-0.39, 0.29) is 0 Å². The van der Waals surface area contributed by atoms with E-state index in [1.165, 1.54) is 0 Å². The molecule has 0 aliphatic rings. The lowest BCUT2D eigenvalue weighted by molar-refractivity contribution is 0.654. The van der Waals surface area contributed by atoms with Gasteiger partial charge in [-0.2, -0.15) is 5.10 Å². The van der Waals surface area contributed by atoms with Crippen molar-refractivity contribution in [1.29, 1.82) is 0 Å². The average Bonchev–Trinajstić information content (AvgIpc) is 2.84. The van der Waals surface area contributed by atoms with E-state index in [0.29, 0.717) is 0 Å². The summed E-state index contributed by atoms with van der Waals surface area (Å²) in [5.74, 6) is 0.870. The van der Waals surface area contributed by atoms with E-state index < -0.39 is 0 Å². The molecule has 0 aromatic carbocycles. The van der Waals surface area contributed by atoms with Crippen LogP contribution < -0.4 is 5.32 Å². The topological polar surface area (TPSA) is 71.4 Å². The van der Waals surface area contributed by atoms with Crippen molar-refractivity contribution in [2.75, 3.05) is 6.54 Å². The first kappa shape index (κ1) is 9.85. The molecule has 0 aliphatic carbocycles. The zero-order valence-electron chi connectivity index (χ0n) is 8.64. The molecular formula is C9H14N6. The Bertz CT molecular complexity index is 390. The first-order valence-electron chi connectivity index (χ1n) is 4.87. The van der Waals surface area contributed by atoms with Gasteiger partial charge >= 0.3 is 0 Å². The molecule has 0 bridgehead atoms. The van der Waals surface area contributed by atoms with Crippen molar-refractivity contribution in [2.45, 2.75) is 13.0 Å². The highest BCUT2D eigenvalue weighted by atomic mass is 15.3. The summed E-state index contributed by atoms with van der Waals surface area (Å²) in [6, 6.07) is 0. The van der Waals surface area contributed by atoms with E-state index in [4.69, 9.17) is 0 Å². The van der Waals surface area contributed by atoms with Crippen LogP contribution in [-0.4, -0.2) is 31.3 Å². The number of aromatic nitrogens is 5. The standard InChI is InChI=1S/C9H14N6/c1-15-7-13-9(14-15)2-3-10-4-8-5-11-6-12-8/h5-7,10H,2-4H2,1H3,(H,11,12). The number of imidazole rings is 1. The Morgan fingerprint density at radius 2 is 2.47 bits per heavy atom. The largest absolute Gasteiger partial charge is 0.347 e. The van der Waals surface area contributed by atoms with Crippen LogP contribution >= 0.6 is 0 Å². The highest BCUT2D eigenvalue weighted by molar-refractivity contribution is 4.93. The summed E-state index contributed by atoms with van der Waals surface area (Å²) in [7, 11) is 1.87. The van der Waals surface area contributed by atoms with E-state index in [9.17, 15) is 0 Å². The number of rotatable bonds is 5. The minimum atomic E-state index is 0.798. The molecule has 2 heterocycles. The van der Waals surface area contributed by atoms with Crippen LogP contribution in [0, 0.1) is 0 Å².